The number of aromatic nitrogens is 2. The van der Waals surface area contributed by atoms with Gasteiger partial charge in [0.25, 0.3) is 0 Å². The van der Waals surface area contributed by atoms with Crippen LogP contribution in [0.3, 0.4) is 0 Å². The second kappa shape index (κ2) is 10.6. The Morgan fingerprint density at radius 2 is 2.05 bits per heavy atom. The van der Waals surface area contributed by atoms with Crippen molar-refractivity contribution >= 4 is 22.2 Å². The number of hydrogen-bond acceptors (Lipinski definition) is 7. The largest absolute Gasteiger partial charge is 0.391 e. The minimum Gasteiger partial charge on any atom is -0.391 e. The van der Waals surface area contributed by atoms with E-state index in [1.54, 1.807) is 17.4 Å². The number of nitrogens with zero attached hydrogens (tertiary/aromatic N) is 4. The van der Waals surface area contributed by atoms with Gasteiger partial charge >= 0.3 is 0 Å². The highest BCUT2D eigenvalue weighted by atomic mass is 32.1. The lowest BCUT2D eigenvalue weighted by Crippen LogP contribution is -2.42. The van der Waals surface area contributed by atoms with Gasteiger partial charge in [0.1, 0.15) is 17.9 Å². The van der Waals surface area contributed by atoms with Crippen molar-refractivity contribution in [1.29, 1.82) is 5.26 Å². The molecule has 2 saturated heterocycles. The van der Waals surface area contributed by atoms with Crippen molar-refractivity contribution < 1.29 is 14.2 Å². The summed E-state index contributed by atoms with van der Waals surface area (Å²) >= 11 is 1.70. The lowest BCUT2D eigenvalue weighted by molar-refractivity contribution is -0.0327. The van der Waals surface area contributed by atoms with Crippen LogP contribution in [0.4, 0.5) is 4.39 Å². The minimum atomic E-state index is -0.518. The molecule has 4 heterocycles. The van der Waals surface area contributed by atoms with Crippen LogP contribution in [0, 0.1) is 17.1 Å². The molecule has 2 aliphatic heterocycles. The summed E-state index contributed by atoms with van der Waals surface area (Å²) in [5.41, 5.74) is 9.80. The molecule has 0 unspecified atom stereocenters. The van der Waals surface area contributed by atoms with Crippen LogP contribution in [0.15, 0.2) is 48.7 Å². The SMILES string of the molecule is N#Cc1ccc(-c2cc(CN3CCC[C@@H](N)C3)sc2-c2ccc3nn([C@H]4COCC[C@@H]4O)cc3c2)cc1F. The number of halogens is 1. The van der Waals surface area contributed by atoms with Gasteiger partial charge in [-0.3, -0.25) is 9.58 Å². The minimum absolute atomic E-state index is 0.0378. The molecule has 0 radical (unpaired) electrons. The van der Waals surface area contributed by atoms with Crippen LogP contribution in [-0.4, -0.2) is 58.2 Å². The van der Waals surface area contributed by atoms with Crippen LogP contribution in [0.25, 0.3) is 32.5 Å². The van der Waals surface area contributed by atoms with Gasteiger partial charge in [0.15, 0.2) is 0 Å². The van der Waals surface area contributed by atoms with E-state index in [0.717, 1.165) is 64.9 Å². The predicted molar refractivity (Wildman–Crippen MR) is 146 cm³/mol. The van der Waals surface area contributed by atoms with Crippen LogP contribution in [-0.2, 0) is 11.3 Å². The zero-order chi connectivity index (χ0) is 26.2. The zero-order valence-electron chi connectivity index (χ0n) is 21.0. The molecule has 196 valence electrons. The third-order valence-electron chi connectivity index (χ3n) is 7.52. The first kappa shape index (κ1) is 25.2. The summed E-state index contributed by atoms with van der Waals surface area (Å²) < 4.78 is 22.0. The second-order valence-electron chi connectivity index (χ2n) is 10.3. The molecule has 3 atom stereocenters. The summed E-state index contributed by atoms with van der Waals surface area (Å²) in [5, 5.41) is 25.3. The molecular weight excluding hydrogens is 501 g/mol. The summed E-state index contributed by atoms with van der Waals surface area (Å²) in [4.78, 5) is 4.62. The Morgan fingerprint density at radius 3 is 2.84 bits per heavy atom. The van der Waals surface area contributed by atoms with Crippen LogP contribution in [0.5, 0.6) is 0 Å². The first-order valence-corrected chi connectivity index (χ1v) is 13.9. The van der Waals surface area contributed by atoms with Gasteiger partial charge in [-0.25, -0.2) is 4.39 Å². The summed E-state index contributed by atoms with van der Waals surface area (Å²) in [6.07, 6.45) is 4.22. The molecular formula is C29H30FN5O2S. The third-order valence-corrected chi connectivity index (χ3v) is 8.69. The van der Waals surface area contributed by atoms with E-state index in [1.807, 2.05) is 35.1 Å². The molecule has 7 nitrogen and oxygen atoms in total. The lowest BCUT2D eigenvalue weighted by atomic mass is 10.00. The number of nitrogens with two attached hydrogens (primary N) is 1. The normalized spacial score (nSPS) is 22.5. The van der Waals surface area contributed by atoms with Crippen LogP contribution >= 0.6 is 11.3 Å². The maximum absolute atomic E-state index is 14.6. The molecule has 38 heavy (non-hydrogen) atoms. The van der Waals surface area contributed by atoms with Crippen LogP contribution in [0.2, 0.25) is 0 Å². The molecule has 0 saturated carbocycles. The summed E-state index contributed by atoms with van der Waals surface area (Å²) in [5.74, 6) is -0.518. The van der Waals surface area contributed by atoms with E-state index in [4.69, 9.17) is 15.6 Å². The maximum Gasteiger partial charge on any atom is 0.141 e. The van der Waals surface area contributed by atoms with Crippen molar-refractivity contribution in [2.75, 3.05) is 26.3 Å². The number of aliphatic hydroxyl groups is 1. The number of nitriles is 1. The van der Waals surface area contributed by atoms with E-state index in [2.05, 4.69) is 17.0 Å². The van der Waals surface area contributed by atoms with Gasteiger partial charge in [-0.05, 0) is 67.3 Å². The van der Waals surface area contributed by atoms with E-state index < -0.39 is 11.9 Å². The van der Waals surface area contributed by atoms with Crippen molar-refractivity contribution in [2.45, 2.75) is 44.0 Å². The third kappa shape index (κ3) is 4.98. The smallest absolute Gasteiger partial charge is 0.141 e. The number of hydrogen-bond donors (Lipinski definition) is 2. The Bertz CT molecular complexity index is 1510. The molecule has 2 aromatic heterocycles. The molecule has 0 aliphatic carbocycles. The molecule has 2 fully saturated rings. The maximum atomic E-state index is 14.6. The monoisotopic (exact) mass is 531 g/mol. The van der Waals surface area contributed by atoms with Gasteiger partial charge in [-0.15, -0.1) is 11.3 Å². The van der Waals surface area contributed by atoms with Gasteiger partial charge in [-0.1, -0.05) is 12.1 Å². The number of fused-ring (bicyclic) bond motifs is 1. The summed E-state index contributed by atoms with van der Waals surface area (Å²) in [6.45, 7) is 3.68. The number of rotatable bonds is 5. The zero-order valence-corrected chi connectivity index (χ0v) is 21.8. The highest BCUT2D eigenvalue weighted by Gasteiger charge is 2.26. The van der Waals surface area contributed by atoms with Crippen molar-refractivity contribution in [3.05, 3.63) is 64.9 Å². The molecule has 4 aromatic rings. The summed E-state index contributed by atoms with van der Waals surface area (Å²) in [7, 11) is 0. The molecule has 0 spiro atoms. The molecule has 2 aromatic carbocycles. The number of benzene rings is 2. The molecule has 0 amide bonds. The second-order valence-corrected chi connectivity index (χ2v) is 11.4. The van der Waals surface area contributed by atoms with Gasteiger partial charge in [0.2, 0.25) is 0 Å². The van der Waals surface area contributed by atoms with Gasteiger partial charge in [0, 0.05) is 52.6 Å². The fraction of sp³-hybridized carbons (Fsp3) is 0.379. The predicted octanol–water partition coefficient (Wildman–Crippen LogP) is 4.69. The average Bonchev–Trinajstić information content (AvgIpc) is 3.53. The van der Waals surface area contributed by atoms with E-state index >= 15 is 0 Å². The fourth-order valence-corrected chi connectivity index (χ4v) is 6.72. The van der Waals surface area contributed by atoms with Crippen molar-refractivity contribution in [2.24, 2.45) is 5.73 Å². The fourth-order valence-electron chi connectivity index (χ4n) is 5.50. The average molecular weight is 532 g/mol. The van der Waals surface area contributed by atoms with Crippen molar-refractivity contribution in [1.82, 2.24) is 14.7 Å². The summed E-state index contributed by atoms with van der Waals surface area (Å²) in [6, 6.07) is 15.0. The standard InChI is InChI=1S/C29H30FN5O2S/c30-25-11-18(3-4-20(25)13-31)24-12-23(16-34-8-1-2-22(32)15-34)38-29(24)19-5-6-26-21(10-19)14-35(33-26)27-17-37-9-7-28(27)36/h3-6,10-12,14,22,27-28,36H,1-2,7-9,15-17,32H2/t22-,27+,28+/m1/s1. The van der Waals surface area contributed by atoms with E-state index in [9.17, 15) is 14.8 Å². The topological polar surface area (TPSA) is 100 Å². The molecule has 6 rings (SSSR count). The Kier molecular flexibility index (Phi) is 6.99. The molecule has 3 N–H and O–H groups in total. The number of ether oxygens (including phenoxy) is 1. The van der Waals surface area contributed by atoms with E-state index in [-0.39, 0.29) is 17.6 Å². The van der Waals surface area contributed by atoms with Crippen molar-refractivity contribution in [3.8, 4) is 27.6 Å². The van der Waals surface area contributed by atoms with Gasteiger partial charge in [0.05, 0.1) is 23.8 Å². The number of thiophene rings is 1. The van der Waals surface area contributed by atoms with Crippen LogP contribution < -0.4 is 5.73 Å². The van der Waals surface area contributed by atoms with Gasteiger partial charge in [-0.2, -0.15) is 10.4 Å². The highest BCUT2D eigenvalue weighted by molar-refractivity contribution is 7.16. The van der Waals surface area contributed by atoms with Crippen molar-refractivity contribution in [3.63, 3.8) is 0 Å². The molecule has 0 bridgehead atoms. The Balaban J connectivity index is 1.39. The quantitative estimate of drug-likeness (QED) is 0.388. The Morgan fingerprint density at radius 1 is 1.18 bits per heavy atom. The first-order valence-electron chi connectivity index (χ1n) is 13.0. The van der Waals surface area contributed by atoms with Gasteiger partial charge < -0.3 is 15.6 Å². The molecule has 2 aliphatic rings. The first-order chi connectivity index (χ1) is 18.5. The highest BCUT2D eigenvalue weighted by Crippen LogP contribution is 2.41. The molecule has 9 heteroatoms. The van der Waals surface area contributed by atoms with Crippen LogP contribution in [0.1, 0.15) is 35.7 Å². The lowest BCUT2D eigenvalue weighted by Gasteiger charge is -2.30. The Hall–Kier alpha value is -3.13. The number of piperidine rings is 1. The number of likely N-dealkylation sites (tertiary alicyclic amines) is 1. The van der Waals surface area contributed by atoms with E-state index in [0.29, 0.717) is 19.6 Å². The Labute approximate surface area is 224 Å². The number of aliphatic hydroxyl groups excluding tert-OH is 1. The van der Waals surface area contributed by atoms with E-state index in [1.165, 1.54) is 10.9 Å².